The predicted molar refractivity (Wildman–Crippen MR) is 94.8 cm³/mol. The van der Waals surface area contributed by atoms with Crippen LogP contribution >= 0.6 is 23.5 Å². The summed E-state index contributed by atoms with van der Waals surface area (Å²) in [5.41, 5.74) is 0.757. The molecule has 2 aromatic rings. The largest absolute Gasteiger partial charge is 0.324 e. The molecule has 1 amide bonds. The van der Waals surface area contributed by atoms with Gasteiger partial charge in [-0.25, -0.2) is 4.68 Å². The van der Waals surface area contributed by atoms with Crippen molar-refractivity contribution in [2.45, 2.75) is 42.1 Å². The van der Waals surface area contributed by atoms with Crippen LogP contribution in [0.3, 0.4) is 0 Å². The summed E-state index contributed by atoms with van der Waals surface area (Å²) in [7, 11) is 0. The fourth-order valence-electron chi connectivity index (χ4n) is 1.87. The van der Waals surface area contributed by atoms with Crippen LogP contribution in [-0.2, 0) is 11.3 Å². The van der Waals surface area contributed by atoms with Gasteiger partial charge in [-0.2, -0.15) is 5.26 Å². The molecule has 0 bridgehead atoms. The standard InChI is InChI=1S/C15H18N6OS2/c1-3-21-15(18-19-20-21)23-10-14(22)17-12-6-4-5-7-13(12)24-11(2)8-9-16/h4-7,11H,3,8,10H2,1-2H3,(H,17,22)/t11-/m0/s1. The molecule has 9 heteroatoms. The normalized spacial score (nSPS) is 11.7. The molecule has 0 radical (unpaired) electrons. The second-order valence-corrected chi connectivity index (χ2v) is 7.32. The van der Waals surface area contributed by atoms with Gasteiger partial charge in [0.2, 0.25) is 11.1 Å². The van der Waals surface area contributed by atoms with Gasteiger partial charge in [-0.15, -0.1) is 16.9 Å². The third-order valence-corrected chi connectivity index (χ3v) is 5.14. The quantitative estimate of drug-likeness (QED) is 0.721. The summed E-state index contributed by atoms with van der Waals surface area (Å²) in [6, 6.07) is 9.76. The molecule has 0 aliphatic heterocycles. The zero-order valence-electron chi connectivity index (χ0n) is 13.5. The molecule has 0 spiro atoms. The maximum atomic E-state index is 12.2. The van der Waals surface area contributed by atoms with Crippen molar-refractivity contribution >= 4 is 35.1 Å². The molecule has 1 aromatic carbocycles. The van der Waals surface area contributed by atoms with Crippen molar-refractivity contribution in [3.05, 3.63) is 24.3 Å². The second kappa shape index (κ2) is 9.30. The summed E-state index contributed by atoms with van der Waals surface area (Å²) in [4.78, 5) is 13.2. The monoisotopic (exact) mass is 362 g/mol. The number of rotatable bonds is 8. The van der Waals surface area contributed by atoms with Gasteiger partial charge >= 0.3 is 0 Å². The highest BCUT2D eigenvalue weighted by atomic mass is 32.2. The summed E-state index contributed by atoms with van der Waals surface area (Å²) < 4.78 is 1.64. The molecule has 126 valence electrons. The van der Waals surface area contributed by atoms with Crippen LogP contribution in [0.2, 0.25) is 0 Å². The number of aryl methyl sites for hydroxylation is 1. The molecule has 1 heterocycles. The number of hydrogen-bond donors (Lipinski definition) is 1. The first kappa shape index (κ1) is 18.3. The third-order valence-electron chi connectivity index (χ3n) is 3.00. The summed E-state index contributed by atoms with van der Waals surface area (Å²) in [6.07, 6.45) is 0.461. The summed E-state index contributed by atoms with van der Waals surface area (Å²) >= 11 is 2.88. The molecule has 2 rings (SSSR count). The van der Waals surface area contributed by atoms with Crippen LogP contribution in [-0.4, -0.2) is 37.1 Å². The van der Waals surface area contributed by atoms with E-state index in [0.717, 1.165) is 10.6 Å². The number of para-hydroxylation sites is 1. The topological polar surface area (TPSA) is 96.5 Å². The van der Waals surface area contributed by atoms with E-state index >= 15 is 0 Å². The van der Waals surface area contributed by atoms with Gasteiger partial charge in [0.1, 0.15) is 0 Å². The predicted octanol–water partition coefficient (Wildman–Crippen LogP) is 2.82. The Balaban J connectivity index is 1.95. The zero-order valence-corrected chi connectivity index (χ0v) is 15.1. The van der Waals surface area contributed by atoms with Crippen LogP contribution in [0.5, 0.6) is 0 Å². The van der Waals surface area contributed by atoms with E-state index in [1.807, 2.05) is 38.1 Å². The number of thioether (sulfide) groups is 2. The maximum absolute atomic E-state index is 12.2. The van der Waals surface area contributed by atoms with Gasteiger partial charge in [-0.05, 0) is 29.5 Å². The van der Waals surface area contributed by atoms with Gasteiger partial charge < -0.3 is 5.32 Å². The van der Waals surface area contributed by atoms with Crippen LogP contribution in [0.1, 0.15) is 20.3 Å². The number of nitriles is 1. The molecule has 1 atom stereocenters. The van der Waals surface area contributed by atoms with E-state index in [1.165, 1.54) is 11.8 Å². The Labute approximate surface area is 149 Å². The van der Waals surface area contributed by atoms with Crippen molar-refractivity contribution in [2.24, 2.45) is 0 Å². The second-order valence-electron chi connectivity index (χ2n) is 4.90. The number of nitrogens with zero attached hydrogens (tertiary/aromatic N) is 5. The van der Waals surface area contributed by atoms with E-state index in [0.29, 0.717) is 18.1 Å². The van der Waals surface area contributed by atoms with Crippen molar-refractivity contribution in [2.75, 3.05) is 11.1 Å². The Morgan fingerprint density at radius 1 is 1.46 bits per heavy atom. The van der Waals surface area contributed by atoms with Crippen molar-refractivity contribution in [3.8, 4) is 6.07 Å². The molecule has 1 aromatic heterocycles. The van der Waals surface area contributed by atoms with Crippen molar-refractivity contribution in [3.63, 3.8) is 0 Å². The Bertz CT molecular complexity index is 727. The van der Waals surface area contributed by atoms with Crippen LogP contribution in [0.4, 0.5) is 5.69 Å². The molecule has 7 nitrogen and oxygen atoms in total. The highest BCUT2D eigenvalue weighted by Crippen LogP contribution is 2.31. The van der Waals surface area contributed by atoms with Gasteiger partial charge in [0.05, 0.1) is 17.5 Å². The highest BCUT2D eigenvalue weighted by Gasteiger charge is 2.12. The average Bonchev–Trinajstić information content (AvgIpc) is 3.02. The van der Waals surface area contributed by atoms with Crippen LogP contribution in [0.15, 0.2) is 34.3 Å². The van der Waals surface area contributed by atoms with E-state index in [9.17, 15) is 4.79 Å². The first-order chi connectivity index (χ1) is 11.6. The number of anilines is 1. The van der Waals surface area contributed by atoms with Crippen molar-refractivity contribution < 1.29 is 4.79 Å². The molecule has 1 N–H and O–H groups in total. The Kier molecular flexibility index (Phi) is 7.08. The molecule has 0 aliphatic carbocycles. The van der Waals surface area contributed by atoms with Crippen LogP contribution < -0.4 is 5.32 Å². The molecule has 0 fully saturated rings. The Morgan fingerprint density at radius 3 is 3.00 bits per heavy atom. The minimum Gasteiger partial charge on any atom is -0.324 e. The number of nitrogens with one attached hydrogen (secondary N) is 1. The number of carbonyl (C=O) groups is 1. The summed E-state index contributed by atoms with van der Waals surface area (Å²) in [5.74, 6) is 0.110. The Hall–Kier alpha value is -2.05. The fourth-order valence-corrected chi connectivity index (χ4v) is 3.61. The van der Waals surface area contributed by atoms with Crippen LogP contribution in [0.25, 0.3) is 0 Å². The fraction of sp³-hybridized carbons (Fsp3) is 0.400. The molecule has 0 unspecified atom stereocenters. The number of aromatic nitrogens is 4. The van der Waals surface area contributed by atoms with Crippen molar-refractivity contribution in [1.82, 2.24) is 20.2 Å². The zero-order chi connectivity index (χ0) is 17.4. The van der Waals surface area contributed by atoms with Crippen molar-refractivity contribution in [1.29, 1.82) is 5.26 Å². The van der Waals surface area contributed by atoms with Gasteiger partial charge in [-0.1, -0.05) is 30.8 Å². The van der Waals surface area contributed by atoms with Gasteiger partial charge in [0.25, 0.3) is 0 Å². The molecule has 0 aliphatic rings. The summed E-state index contributed by atoms with van der Waals surface area (Å²) in [6.45, 7) is 4.59. The lowest BCUT2D eigenvalue weighted by Crippen LogP contribution is -2.15. The van der Waals surface area contributed by atoms with Gasteiger partial charge in [0, 0.05) is 23.1 Å². The third kappa shape index (κ3) is 5.25. The smallest absolute Gasteiger partial charge is 0.234 e. The maximum Gasteiger partial charge on any atom is 0.234 e. The van der Waals surface area contributed by atoms with E-state index in [2.05, 4.69) is 26.9 Å². The number of benzene rings is 1. The molecule has 0 saturated carbocycles. The lowest BCUT2D eigenvalue weighted by atomic mass is 10.3. The van der Waals surface area contributed by atoms with E-state index in [4.69, 9.17) is 5.26 Å². The summed E-state index contributed by atoms with van der Waals surface area (Å²) in [5, 5.41) is 23.8. The Morgan fingerprint density at radius 2 is 2.25 bits per heavy atom. The minimum absolute atomic E-state index is 0.119. The number of hydrogen-bond acceptors (Lipinski definition) is 7. The number of amides is 1. The van der Waals surface area contributed by atoms with E-state index in [-0.39, 0.29) is 16.9 Å². The lowest BCUT2D eigenvalue weighted by molar-refractivity contribution is -0.113. The number of tetrazole rings is 1. The SMILES string of the molecule is CCn1nnnc1SCC(=O)Nc1ccccc1S[C@@H](C)CC#N. The molecule has 24 heavy (non-hydrogen) atoms. The first-order valence-electron chi connectivity index (χ1n) is 7.45. The highest BCUT2D eigenvalue weighted by molar-refractivity contribution is 8.00. The van der Waals surface area contributed by atoms with Crippen LogP contribution in [0, 0.1) is 11.3 Å². The van der Waals surface area contributed by atoms with E-state index in [1.54, 1.807) is 16.4 Å². The minimum atomic E-state index is -0.119. The molecule has 0 saturated heterocycles. The molecular formula is C15H18N6OS2. The van der Waals surface area contributed by atoms with Gasteiger partial charge in [-0.3, -0.25) is 4.79 Å². The average molecular weight is 362 g/mol. The number of carbonyl (C=O) groups excluding carboxylic acids is 1. The first-order valence-corrected chi connectivity index (χ1v) is 9.32. The lowest BCUT2D eigenvalue weighted by Gasteiger charge is -2.13. The molecular weight excluding hydrogens is 344 g/mol. The van der Waals surface area contributed by atoms with E-state index < -0.39 is 0 Å². The van der Waals surface area contributed by atoms with Gasteiger partial charge in [0.15, 0.2) is 0 Å².